The lowest BCUT2D eigenvalue weighted by Gasteiger charge is -1.97. The van der Waals surface area contributed by atoms with Crippen LogP contribution in [-0.4, -0.2) is 23.1 Å². The predicted molar refractivity (Wildman–Crippen MR) is 58.7 cm³/mol. The Balaban J connectivity index is 3.73. The van der Waals surface area contributed by atoms with Crippen molar-refractivity contribution in [2.24, 2.45) is 0 Å². The third-order valence-electron chi connectivity index (χ3n) is 2.25. The van der Waals surface area contributed by atoms with E-state index in [-0.39, 0.29) is 22.6 Å². The monoisotopic (exact) mass is 236 g/mol. The molecule has 0 aliphatic rings. The molecule has 1 rings (SSSR count). The summed E-state index contributed by atoms with van der Waals surface area (Å²) in [5.41, 5.74) is -0.203. The molecule has 17 heavy (non-hydrogen) atoms. The lowest BCUT2D eigenvalue weighted by atomic mass is 10.00. The lowest BCUT2D eigenvalue weighted by Crippen LogP contribution is -2.08. The topological polar surface area (TPSA) is 81.4 Å². The molecule has 1 aromatic heterocycles. The van der Waals surface area contributed by atoms with Crippen LogP contribution in [0.25, 0.3) is 0 Å². The van der Waals surface area contributed by atoms with Gasteiger partial charge in [-0.1, -0.05) is 0 Å². The first kappa shape index (κ1) is 13.0. The molecular weight excluding hydrogens is 224 g/mol. The summed E-state index contributed by atoms with van der Waals surface area (Å²) in [6.07, 6.45) is 0. The molecule has 5 heteroatoms. The van der Waals surface area contributed by atoms with Crippen LogP contribution in [0.2, 0.25) is 0 Å². The number of carbonyl (C=O) groups is 4. The summed E-state index contributed by atoms with van der Waals surface area (Å²) in [5.74, 6) is -2.40. The summed E-state index contributed by atoms with van der Waals surface area (Å²) < 4.78 is 5.05. The molecule has 0 bridgehead atoms. The Bertz CT molecular complexity index is 487. The van der Waals surface area contributed by atoms with Crippen LogP contribution in [0, 0.1) is 0 Å². The highest BCUT2D eigenvalue weighted by Gasteiger charge is 2.29. The number of hydrogen-bond donors (Lipinski definition) is 0. The van der Waals surface area contributed by atoms with Crippen molar-refractivity contribution in [2.75, 3.05) is 0 Å². The number of Topliss-reactive ketones (excluding diaryl/α,β-unsaturated/α-hetero) is 4. The fourth-order valence-electron chi connectivity index (χ4n) is 1.60. The quantitative estimate of drug-likeness (QED) is 0.747. The highest BCUT2D eigenvalue weighted by Crippen LogP contribution is 2.25. The molecular formula is C12H12O5. The van der Waals surface area contributed by atoms with Crippen molar-refractivity contribution in [1.29, 1.82) is 0 Å². The van der Waals surface area contributed by atoms with Crippen molar-refractivity contribution < 1.29 is 23.6 Å². The van der Waals surface area contributed by atoms with Crippen LogP contribution in [0.15, 0.2) is 4.42 Å². The minimum absolute atomic E-state index is 0.102. The number of hydrogen-bond acceptors (Lipinski definition) is 5. The van der Waals surface area contributed by atoms with Crippen LogP contribution >= 0.6 is 0 Å². The number of furan rings is 1. The van der Waals surface area contributed by atoms with Crippen molar-refractivity contribution in [1.82, 2.24) is 0 Å². The Kier molecular flexibility index (Phi) is 3.41. The second-order valence-electron chi connectivity index (χ2n) is 3.74. The van der Waals surface area contributed by atoms with Crippen LogP contribution < -0.4 is 0 Å². The van der Waals surface area contributed by atoms with Crippen molar-refractivity contribution in [3.05, 3.63) is 22.6 Å². The third-order valence-corrected chi connectivity index (χ3v) is 2.25. The van der Waals surface area contributed by atoms with E-state index in [4.69, 9.17) is 4.42 Å². The zero-order chi connectivity index (χ0) is 13.3. The second-order valence-corrected chi connectivity index (χ2v) is 3.74. The summed E-state index contributed by atoms with van der Waals surface area (Å²) in [7, 11) is 0. The van der Waals surface area contributed by atoms with Crippen LogP contribution in [0.1, 0.15) is 69.5 Å². The maximum absolute atomic E-state index is 11.5. The lowest BCUT2D eigenvalue weighted by molar-refractivity contribution is 0.0944. The smallest absolute Gasteiger partial charge is 0.195 e. The van der Waals surface area contributed by atoms with Gasteiger partial charge in [-0.15, -0.1) is 0 Å². The Hall–Kier alpha value is -2.04. The first-order valence-corrected chi connectivity index (χ1v) is 4.97. The van der Waals surface area contributed by atoms with Gasteiger partial charge in [-0.2, -0.15) is 0 Å². The van der Waals surface area contributed by atoms with Crippen LogP contribution in [0.5, 0.6) is 0 Å². The molecule has 0 saturated carbocycles. The fourth-order valence-corrected chi connectivity index (χ4v) is 1.60. The zero-order valence-corrected chi connectivity index (χ0v) is 10.0. The molecule has 0 N–H and O–H groups in total. The van der Waals surface area contributed by atoms with Crippen molar-refractivity contribution in [3.8, 4) is 0 Å². The molecule has 0 aliphatic carbocycles. The van der Waals surface area contributed by atoms with Crippen LogP contribution in [0.3, 0.4) is 0 Å². The molecule has 0 unspecified atom stereocenters. The van der Waals surface area contributed by atoms with Gasteiger partial charge in [-0.3, -0.25) is 19.2 Å². The van der Waals surface area contributed by atoms with Gasteiger partial charge in [-0.25, -0.2) is 0 Å². The largest absolute Gasteiger partial charge is 0.448 e. The highest BCUT2D eigenvalue weighted by atomic mass is 16.4. The van der Waals surface area contributed by atoms with Gasteiger partial charge in [0.1, 0.15) is 0 Å². The van der Waals surface area contributed by atoms with E-state index < -0.39 is 23.1 Å². The van der Waals surface area contributed by atoms with Gasteiger partial charge in [0.25, 0.3) is 0 Å². The van der Waals surface area contributed by atoms with Gasteiger partial charge >= 0.3 is 0 Å². The Labute approximate surface area is 97.8 Å². The van der Waals surface area contributed by atoms with E-state index in [1.54, 1.807) is 0 Å². The van der Waals surface area contributed by atoms with Crippen LogP contribution in [0.4, 0.5) is 0 Å². The zero-order valence-electron chi connectivity index (χ0n) is 10.0. The summed E-state index contributed by atoms with van der Waals surface area (Å²) in [4.78, 5) is 45.5. The summed E-state index contributed by atoms with van der Waals surface area (Å²) in [6, 6.07) is 0. The van der Waals surface area contributed by atoms with E-state index in [0.29, 0.717) is 0 Å². The van der Waals surface area contributed by atoms with Gasteiger partial charge in [-0.05, 0) is 13.8 Å². The summed E-state index contributed by atoms with van der Waals surface area (Å²) >= 11 is 0. The minimum atomic E-state index is -0.495. The van der Waals surface area contributed by atoms with Gasteiger partial charge in [0.2, 0.25) is 0 Å². The van der Waals surface area contributed by atoms with Crippen molar-refractivity contribution >= 4 is 23.1 Å². The fraction of sp³-hybridized carbons (Fsp3) is 0.333. The number of carbonyl (C=O) groups excluding carboxylic acids is 4. The number of ketones is 4. The molecule has 1 aromatic rings. The number of rotatable bonds is 4. The minimum Gasteiger partial charge on any atom is -0.448 e. The summed E-state index contributed by atoms with van der Waals surface area (Å²) in [5, 5.41) is 0. The molecule has 0 aliphatic heterocycles. The van der Waals surface area contributed by atoms with Gasteiger partial charge < -0.3 is 4.42 Å². The Morgan fingerprint density at radius 1 is 0.647 bits per heavy atom. The Morgan fingerprint density at radius 2 is 0.941 bits per heavy atom. The molecule has 0 spiro atoms. The highest BCUT2D eigenvalue weighted by molar-refractivity contribution is 6.17. The molecule has 0 atom stereocenters. The van der Waals surface area contributed by atoms with E-state index in [1.807, 2.05) is 0 Å². The molecule has 5 nitrogen and oxygen atoms in total. The molecule has 0 fully saturated rings. The van der Waals surface area contributed by atoms with Gasteiger partial charge in [0, 0.05) is 13.8 Å². The molecule has 0 saturated heterocycles. The van der Waals surface area contributed by atoms with E-state index in [9.17, 15) is 19.2 Å². The maximum Gasteiger partial charge on any atom is 0.195 e. The third kappa shape index (κ3) is 2.22. The molecule has 90 valence electrons. The van der Waals surface area contributed by atoms with Crippen LogP contribution in [-0.2, 0) is 0 Å². The second kappa shape index (κ2) is 4.45. The first-order chi connectivity index (χ1) is 7.77. The predicted octanol–water partition coefficient (Wildman–Crippen LogP) is 2.09. The molecule has 0 radical (unpaired) electrons. The molecule has 0 amide bonds. The van der Waals surface area contributed by atoms with E-state index >= 15 is 0 Å². The molecule has 1 heterocycles. The maximum atomic E-state index is 11.5. The van der Waals surface area contributed by atoms with E-state index in [0.717, 1.165) is 0 Å². The van der Waals surface area contributed by atoms with Gasteiger partial charge in [0.05, 0.1) is 11.1 Å². The summed E-state index contributed by atoms with van der Waals surface area (Å²) in [6.45, 7) is 4.85. The van der Waals surface area contributed by atoms with Crippen molar-refractivity contribution in [2.45, 2.75) is 27.7 Å². The van der Waals surface area contributed by atoms with E-state index in [1.165, 1.54) is 27.7 Å². The van der Waals surface area contributed by atoms with Gasteiger partial charge in [0.15, 0.2) is 34.7 Å². The Morgan fingerprint density at radius 3 is 1.12 bits per heavy atom. The average Bonchev–Trinajstić information content (AvgIpc) is 2.56. The SMILES string of the molecule is CC(=O)c1oc(C(C)=O)c(C(C)=O)c1C(C)=O. The molecule has 0 aromatic carbocycles. The first-order valence-electron chi connectivity index (χ1n) is 4.97. The van der Waals surface area contributed by atoms with E-state index in [2.05, 4.69) is 0 Å². The normalized spacial score (nSPS) is 10.1. The standard InChI is InChI=1S/C12H12O5/c1-5(13)9-10(6(2)14)12(8(4)16)17-11(9)7(3)15/h1-4H3. The van der Waals surface area contributed by atoms with Crippen molar-refractivity contribution in [3.63, 3.8) is 0 Å². The average molecular weight is 236 g/mol.